The van der Waals surface area contributed by atoms with Crippen LogP contribution in [0.4, 0.5) is 0 Å². The number of furan rings is 1. The second-order valence-electron chi connectivity index (χ2n) is 3.44. The van der Waals surface area contributed by atoms with Crippen LogP contribution in [0.25, 0.3) is 11.0 Å². The van der Waals surface area contributed by atoms with Crippen LogP contribution in [-0.4, -0.2) is 11.7 Å². The summed E-state index contributed by atoms with van der Waals surface area (Å²) >= 11 is 0. The van der Waals surface area contributed by atoms with Gasteiger partial charge in [0.2, 0.25) is 0 Å². The number of nitrogens with two attached hydrogens (primary N) is 1. The van der Waals surface area contributed by atoms with Crippen LogP contribution in [-0.2, 0) is 0 Å². The van der Waals surface area contributed by atoms with Crippen LogP contribution in [0.3, 0.4) is 0 Å². The van der Waals surface area contributed by atoms with E-state index in [0.29, 0.717) is 5.76 Å². The number of hydrogen-bond acceptors (Lipinski definition) is 3. The van der Waals surface area contributed by atoms with E-state index < -0.39 is 6.10 Å². The molecule has 0 aliphatic heterocycles. The molecule has 1 aromatic carbocycles. The Morgan fingerprint density at radius 3 is 2.93 bits per heavy atom. The van der Waals surface area contributed by atoms with E-state index in [1.807, 2.05) is 31.2 Å². The van der Waals surface area contributed by atoms with Gasteiger partial charge >= 0.3 is 0 Å². The molecule has 0 aliphatic carbocycles. The summed E-state index contributed by atoms with van der Waals surface area (Å²) in [6.07, 6.45) is -0.706. The minimum absolute atomic E-state index is 0.179. The van der Waals surface area contributed by atoms with Gasteiger partial charge in [0, 0.05) is 11.9 Å². The molecule has 0 saturated carbocycles. The predicted octanol–water partition coefficient (Wildman–Crippen LogP) is 1.73. The molecule has 0 fully saturated rings. The van der Waals surface area contributed by atoms with E-state index in [0.717, 1.165) is 11.0 Å². The molecular formula is C11H13NO2. The first-order valence-electron chi connectivity index (χ1n) is 4.59. The molecule has 0 radical (unpaired) electrons. The van der Waals surface area contributed by atoms with E-state index in [1.54, 1.807) is 0 Å². The van der Waals surface area contributed by atoms with E-state index in [4.69, 9.17) is 10.2 Å². The molecule has 14 heavy (non-hydrogen) atoms. The molecule has 3 heteroatoms. The maximum Gasteiger partial charge on any atom is 0.135 e. The van der Waals surface area contributed by atoms with Crippen molar-refractivity contribution in [2.24, 2.45) is 5.73 Å². The first kappa shape index (κ1) is 9.24. The average Bonchev–Trinajstić information content (AvgIpc) is 2.59. The Morgan fingerprint density at radius 1 is 1.43 bits per heavy atom. The van der Waals surface area contributed by atoms with Crippen LogP contribution >= 0.6 is 0 Å². The van der Waals surface area contributed by atoms with Gasteiger partial charge in [-0.15, -0.1) is 0 Å². The van der Waals surface area contributed by atoms with E-state index in [9.17, 15) is 5.11 Å². The molecule has 2 aromatic rings. The minimum Gasteiger partial charge on any atom is -0.458 e. The fourth-order valence-corrected chi connectivity index (χ4v) is 1.46. The van der Waals surface area contributed by atoms with Gasteiger partial charge in [-0.25, -0.2) is 0 Å². The molecule has 2 rings (SSSR count). The number of benzene rings is 1. The number of hydrogen-bond donors (Lipinski definition) is 2. The molecule has 0 saturated heterocycles. The first-order valence-corrected chi connectivity index (χ1v) is 4.59. The van der Waals surface area contributed by atoms with Gasteiger partial charge in [0.05, 0.1) is 0 Å². The smallest absolute Gasteiger partial charge is 0.135 e. The summed E-state index contributed by atoms with van der Waals surface area (Å²) in [6, 6.07) is 7.73. The number of aryl methyl sites for hydroxylation is 1. The number of rotatable bonds is 2. The Labute approximate surface area is 82.1 Å². The third kappa shape index (κ3) is 1.52. The summed E-state index contributed by atoms with van der Waals surface area (Å²) < 4.78 is 5.45. The number of aliphatic hydroxyl groups is 1. The topological polar surface area (TPSA) is 59.4 Å². The normalized spacial score (nSPS) is 13.4. The van der Waals surface area contributed by atoms with Crippen molar-refractivity contribution in [1.29, 1.82) is 0 Å². The van der Waals surface area contributed by atoms with Crippen LogP contribution in [0.15, 0.2) is 28.7 Å². The van der Waals surface area contributed by atoms with Gasteiger partial charge in [-0.1, -0.05) is 11.6 Å². The van der Waals surface area contributed by atoms with Crippen LogP contribution in [0.5, 0.6) is 0 Å². The quantitative estimate of drug-likeness (QED) is 0.760. The molecule has 0 aliphatic rings. The lowest BCUT2D eigenvalue weighted by Gasteiger charge is -2.00. The SMILES string of the molecule is Cc1ccc2oc(C(O)CN)cc2c1. The summed E-state index contributed by atoms with van der Waals surface area (Å²) in [5.41, 5.74) is 7.31. The standard InChI is InChI=1S/C11H13NO2/c1-7-2-3-10-8(4-7)5-11(14-10)9(13)6-12/h2-5,9,13H,6,12H2,1H3. The highest BCUT2D eigenvalue weighted by Crippen LogP contribution is 2.24. The van der Waals surface area contributed by atoms with Crippen molar-refractivity contribution >= 4 is 11.0 Å². The van der Waals surface area contributed by atoms with Crippen molar-refractivity contribution in [3.63, 3.8) is 0 Å². The molecule has 0 spiro atoms. The summed E-state index contributed by atoms with van der Waals surface area (Å²) in [5, 5.41) is 10.5. The van der Waals surface area contributed by atoms with Gasteiger partial charge in [-0.3, -0.25) is 0 Å². The lowest BCUT2D eigenvalue weighted by molar-refractivity contribution is 0.160. The van der Waals surface area contributed by atoms with Gasteiger partial charge in [-0.2, -0.15) is 0 Å². The summed E-state index contributed by atoms with van der Waals surface area (Å²) in [7, 11) is 0. The van der Waals surface area contributed by atoms with Gasteiger partial charge in [0.25, 0.3) is 0 Å². The highest BCUT2D eigenvalue weighted by atomic mass is 16.4. The average molecular weight is 191 g/mol. The molecule has 1 unspecified atom stereocenters. The number of aliphatic hydroxyl groups excluding tert-OH is 1. The summed E-state index contributed by atoms with van der Waals surface area (Å²) in [6.45, 7) is 2.20. The van der Waals surface area contributed by atoms with E-state index in [1.165, 1.54) is 5.56 Å². The van der Waals surface area contributed by atoms with Crippen LogP contribution < -0.4 is 5.73 Å². The Bertz CT molecular complexity index is 447. The zero-order valence-corrected chi connectivity index (χ0v) is 8.03. The number of fused-ring (bicyclic) bond motifs is 1. The summed E-state index contributed by atoms with van der Waals surface area (Å²) in [4.78, 5) is 0. The second-order valence-corrected chi connectivity index (χ2v) is 3.44. The lowest BCUT2D eigenvalue weighted by Crippen LogP contribution is -2.10. The maximum atomic E-state index is 9.48. The molecule has 1 atom stereocenters. The van der Waals surface area contributed by atoms with Crippen molar-refractivity contribution in [2.75, 3.05) is 6.54 Å². The monoisotopic (exact) mass is 191 g/mol. The van der Waals surface area contributed by atoms with Crippen molar-refractivity contribution in [3.05, 3.63) is 35.6 Å². The highest BCUT2D eigenvalue weighted by Gasteiger charge is 2.10. The van der Waals surface area contributed by atoms with Crippen molar-refractivity contribution in [1.82, 2.24) is 0 Å². The second kappa shape index (κ2) is 3.44. The van der Waals surface area contributed by atoms with Crippen molar-refractivity contribution in [3.8, 4) is 0 Å². The first-order chi connectivity index (χ1) is 6.70. The van der Waals surface area contributed by atoms with Crippen LogP contribution in [0, 0.1) is 6.92 Å². The van der Waals surface area contributed by atoms with Gasteiger partial charge in [-0.05, 0) is 25.1 Å². The maximum absolute atomic E-state index is 9.48. The van der Waals surface area contributed by atoms with Crippen molar-refractivity contribution < 1.29 is 9.52 Å². The lowest BCUT2D eigenvalue weighted by atomic mass is 10.2. The fraction of sp³-hybridized carbons (Fsp3) is 0.273. The third-order valence-corrected chi connectivity index (χ3v) is 2.24. The van der Waals surface area contributed by atoms with Crippen molar-refractivity contribution in [2.45, 2.75) is 13.0 Å². The zero-order valence-electron chi connectivity index (χ0n) is 8.03. The Hall–Kier alpha value is -1.32. The fourth-order valence-electron chi connectivity index (χ4n) is 1.46. The van der Waals surface area contributed by atoms with Crippen LogP contribution in [0.2, 0.25) is 0 Å². The highest BCUT2D eigenvalue weighted by molar-refractivity contribution is 5.78. The Balaban J connectivity index is 2.51. The van der Waals surface area contributed by atoms with E-state index in [2.05, 4.69) is 0 Å². The van der Waals surface area contributed by atoms with Gasteiger partial charge in [0.1, 0.15) is 17.4 Å². The molecule has 0 amide bonds. The minimum atomic E-state index is -0.706. The molecule has 1 aromatic heterocycles. The molecular weight excluding hydrogens is 178 g/mol. The summed E-state index contributed by atoms with van der Waals surface area (Å²) in [5.74, 6) is 0.535. The molecule has 1 heterocycles. The molecule has 3 nitrogen and oxygen atoms in total. The molecule has 74 valence electrons. The predicted molar refractivity (Wildman–Crippen MR) is 55.0 cm³/mol. The Morgan fingerprint density at radius 2 is 2.21 bits per heavy atom. The molecule has 3 N–H and O–H groups in total. The van der Waals surface area contributed by atoms with E-state index >= 15 is 0 Å². The molecule has 0 bridgehead atoms. The zero-order chi connectivity index (χ0) is 10.1. The largest absolute Gasteiger partial charge is 0.458 e. The van der Waals surface area contributed by atoms with Crippen LogP contribution in [0.1, 0.15) is 17.4 Å². The third-order valence-electron chi connectivity index (χ3n) is 2.24. The van der Waals surface area contributed by atoms with Gasteiger partial charge < -0.3 is 15.3 Å². The van der Waals surface area contributed by atoms with E-state index in [-0.39, 0.29) is 6.54 Å². The Kier molecular flexibility index (Phi) is 2.27. The van der Waals surface area contributed by atoms with Gasteiger partial charge in [0.15, 0.2) is 0 Å².